The molecule has 0 radical (unpaired) electrons. The normalized spacial score (nSPS) is 10.3. The fourth-order valence-electron chi connectivity index (χ4n) is 1.25. The van der Waals surface area contributed by atoms with E-state index in [4.69, 9.17) is 0 Å². The second-order valence-electron chi connectivity index (χ2n) is 4.50. The topological polar surface area (TPSA) is 88.9 Å². The van der Waals surface area contributed by atoms with Gasteiger partial charge in [0.1, 0.15) is 6.33 Å². The van der Waals surface area contributed by atoms with E-state index in [-0.39, 0.29) is 11.7 Å². The Balaban J connectivity index is 2.34. The van der Waals surface area contributed by atoms with Gasteiger partial charge in [-0.3, -0.25) is 10.1 Å². The summed E-state index contributed by atoms with van der Waals surface area (Å²) in [6, 6.07) is -0.475. The van der Waals surface area contributed by atoms with Crippen LogP contribution in [0.4, 0.5) is 4.79 Å². The minimum absolute atomic E-state index is 0.102. The van der Waals surface area contributed by atoms with Crippen molar-refractivity contribution in [2.45, 2.75) is 25.5 Å². The molecular weight excluding hydrogens is 278 g/mol. The highest BCUT2D eigenvalue weighted by molar-refractivity contribution is 7.99. The maximum absolute atomic E-state index is 11.6. The molecule has 8 heteroatoms. The lowest BCUT2D eigenvalue weighted by atomic mass is 10.2. The van der Waals surface area contributed by atoms with Crippen LogP contribution in [0.1, 0.15) is 13.8 Å². The predicted molar refractivity (Wildman–Crippen MR) is 77.3 cm³/mol. The molecule has 0 aliphatic carbocycles. The first-order chi connectivity index (χ1) is 9.52. The maximum Gasteiger partial charge on any atom is 0.321 e. The molecule has 0 atom stereocenters. The van der Waals surface area contributed by atoms with Crippen LogP contribution in [0.5, 0.6) is 0 Å². The molecule has 110 valence electrons. The molecular formula is C12H19N5O2S. The number of nitrogens with zero attached hydrogens (tertiary/aromatic N) is 3. The quantitative estimate of drug-likeness (QED) is 0.580. The van der Waals surface area contributed by atoms with Crippen molar-refractivity contribution in [3.05, 3.63) is 19.0 Å². The number of imide groups is 1. The van der Waals surface area contributed by atoms with Crippen LogP contribution in [0, 0.1) is 5.92 Å². The standard InChI is InChI=1S/C12H19N5O2S/c1-4-5-17-8-14-16-12(17)20-7-10(18)15-11(19)13-6-9(2)3/h4,8-9H,1,5-7H2,2-3H3,(H2,13,15,18,19). The van der Waals surface area contributed by atoms with Gasteiger partial charge in [-0.15, -0.1) is 16.8 Å². The lowest BCUT2D eigenvalue weighted by molar-refractivity contribution is -0.117. The molecule has 0 aliphatic heterocycles. The summed E-state index contributed by atoms with van der Waals surface area (Å²) in [5.41, 5.74) is 0. The maximum atomic E-state index is 11.6. The molecule has 0 saturated carbocycles. The lowest BCUT2D eigenvalue weighted by Crippen LogP contribution is -2.41. The average Bonchev–Trinajstić information content (AvgIpc) is 2.82. The molecule has 0 bridgehead atoms. The summed E-state index contributed by atoms with van der Waals surface area (Å²) in [5, 5.41) is 13.1. The van der Waals surface area contributed by atoms with E-state index in [1.807, 2.05) is 13.8 Å². The zero-order valence-electron chi connectivity index (χ0n) is 11.6. The van der Waals surface area contributed by atoms with Crippen molar-refractivity contribution in [1.82, 2.24) is 25.4 Å². The van der Waals surface area contributed by atoms with Gasteiger partial charge in [0.05, 0.1) is 5.75 Å². The Labute approximate surface area is 122 Å². The van der Waals surface area contributed by atoms with Gasteiger partial charge in [0, 0.05) is 13.1 Å². The zero-order valence-corrected chi connectivity index (χ0v) is 12.4. The largest absolute Gasteiger partial charge is 0.338 e. The van der Waals surface area contributed by atoms with E-state index in [1.54, 1.807) is 17.0 Å². The van der Waals surface area contributed by atoms with E-state index < -0.39 is 6.03 Å². The van der Waals surface area contributed by atoms with Crippen LogP contribution in [0.25, 0.3) is 0 Å². The average molecular weight is 297 g/mol. The molecule has 20 heavy (non-hydrogen) atoms. The third kappa shape index (κ3) is 5.87. The number of rotatable bonds is 7. The van der Waals surface area contributed by atoms with Crippen LogP contribution in [0.15, 0.2) is 24.1 Å². The van der Waals surface area contributed by atoms with Crippen LogP contribution < -0.4 is 10.6 Å². The molecule has 0 unspecified atom stereocenters. The van der Waals surface area contributed by atoms with Crippen molar-refractivity contribution >= 4 is 23.7 Å². The molecule has 0 fully saturated rings. The van der Waals surface area contributed by atoms with Gasteiger partial charge in [-0.1, -0.05) is 31.7 Å². The molecule has 1 rings (SSSR count). The molecule has 7 nitrogen and oxygen atoms in total. The Morgan fingerprint density at radius 3 is 2.95 bits per heavy atom. The van der Waals surface area contributed by atoms with Crippen molar-refractivity contribution < 1.29 is 9.59 Å². The van der Waals surface area contributed by atoms with Crippen LogP contribution in [-0.2, 0) is 11.3 Å². The summed E-state index contributed by atoms with van der Waals surface area (Å²) in [6.07, 6.45) is 3.28. The van der Waals surface area contributed by atoms with Gasteiger partial charge in [-0.05, 0) is 5.92 Å². The molecule has 0 aliphatic rings. The first-order valence-electron chi connectivity index (χ1n) is 6.22. The van der Waals surface area contributed by atoms with Crippen LogP contribution in [0.3, 0.4) is 0 Å². The fourth-order valence-corrected chi connectivity index (χ4v) is 1.98. The number of hydrogen-bond donors (Lipinski definition) is 2. The highest BCUT2D eigenvalue weighted by Crippen LogP contribution is 2.13. The van der Waals surface area contributed by atoms with E-state index in [0.29, 0.717) is 24.2 Å². The monoisotopic (exact) mass is 297 g/mol. The Hall–Kier alpha value is -1.83. The van der Waals surface area contributed by atoms with E-state index in [9.17, 15) is 9.59 Å². The molecule has 0 spiro atoms. The number of hydrogen-bond acceptors (Lipinski definition) is 5. The van der Waals surface area contributed by atoms with Crippen molar-refractivity contribution in [3.8, 4) is 0 Å². The van der Waals surface area contributed by atoms with E-state index >= 15 is 0 Å². The summed E-state index contributed by atoms with van der Waals surface area (Å²) in [4.78, 5) is 23.0. The number of aromatic nitrogens is 3. The third-order valence-corrected chi connectivity index (χ3v) is 3.14. The first kappa shape index (κ1) is 16.2. The Morgan fingerprint density at radius 1 is 1.55 bits per heavy atom. The van der Waals surface area contributed by atoms with Crippen molar-refractivity contribution in [2.24, 2.45) is 5.92 Å². The number of urea groups is 1. The van der Waals surface area contributed by atoms with Gasteiger partial charge < -0.3 is 9.88 Å². The summed E-state index contributed by atoms with van der Waals surface area (Å²) >= 11 is 1.22. The molecule has 0 saturated heterocycles. The number of amides is 3. The molecule has 1 aromatic rings. The predicted octanol–water partition coefficient (Wildman–Crippen LogP) is 1.04. The van der Waals surface area contributed by atoms with E-state index in [0.717, 1.165) is 0 Å². The molecule has 1 heterocycles. The first-order valence-corrected chi connectivity index (χ1v) is 7.20. The Morgan fingerprint density at radius 2 is 2.30 bits per heavy atom. The van der Waals surface area contributed by atoms with Crippen LogP contribution in [0.2, 0.25) is 0 Å². The van der Waals surface area contributed by atoms with Crippen LogP contribution >= 0.6 is 11.8 Å². The zero-order chi connectivity index (χ0) is 15.0. The van der Waals surface area contributed by atoms with Gasteiger partial charge in [-0.2, -0.15) is 0 Å². The summed E-state index contributed by atoms with van der Waals surface area (Å²) in [5.74, 6) is 0.0670. The van der Waals surface area contributed by atoms with Gasteiger partial charge in [0.2, 0.25) is 5.91 Å². The van der Waals surface area contributed by atoms with Crippen LogP contribution in [-0.4, -0.2) is 39.0 Å². The second kappa shape index (κ2) is 8.36. The van der Waals surface area contributed by atoms with Crippen molar-refractivity contribution in [2.75, 3.05) is 12.3 Å². The van der Waals surface area contributed by atoms with Gasteiger partial charge in [-0.25, -0.2) is 4.79 Å². The summed E-state index contributed by atoms with van der Waals surface area (Å²) in [6.45, 7) is 8.68. The Bertz CT molecular complexity index is 472. The number of carbonyl (C=O) groups excluding carboxylic acids is 2. The molecule has 3 amide bonds. The molecule has 2 N–H and O–H groups in total. The smallest absolute Gasteiger partial charge is 0.321 e. The lowest BCUT2D eigenvalue weighted by Gasteiger charge is -2.08. The van der Waals surface area contributed by atoms with Crippen molar-refractivity contribution in [3.63, 3.8) is 0 Å². The number of allylic oxidation sites excluding steroid dienone is 1. The number of carbonyl (C=O) groups is 2. The third-order valence-electron chi connectivity index (χ3n) is 2.16. The molecule has 0 aromatic carbocycles. The minimum atomic E-state index is -0.475. The van der Waals surface area contributed by atoms with Gasteiger partial charge in [0.25, 0.3) is 0 Å². The Kier molecular flexibility index (Phi) is 6.78. The van der Waals surface area contributed by atoms with Crippen molar-refractivity contribution in [1.29, 1.82) is 0 Å². The number of thioether (sulfide) groups is 1. The van der Waals surface area contributed by atoms with Gasteiger partial charge in [0.15, 0.2) is 5.16 Å². The number of nitrogens with one attached hydrogen (secondary N) is 2. The fraction of sp³-hybridized carbons (Fsp3) is 0.500. The second-order valence-corrected chi connectivity index (χ2v) is 5.44. The SMILES string of the molecule is C=CCn1cnnc1SCC(=O)NC(=O)NCC(C)C. The minimum Gasteiger partial charge on any atom is -0.338 e. The molecule has 1 aromatic heterocycles. The van der Waals surface area contributed by atoms with E-state index in [2.05, 4.69) is 27.4 Å². The highest BCUT2D eigenvalue weighted by Gasteiger charge is 2.11. The van der Waals surface area contributed by atoms with Gasteiger partial charge >= 0.3 is 6.03 Å². The van der Waals surface area contributed by atoms with E-state index in [1.165, 1.54) is 11.8 Å². The highest BCUT2D eigenvalue weighted by atomic mass is 32.2. The summed E-state index contributed by atoms with van der Waals surface area (Å²) < 4.78 is 1.77. The summed E-state index contributed by atoms with van der Waals surface area (Å²) in [7, 11) is 0.